The number of methoxy groups -OCH3 is 1. The van der Waals surface area contributed by atoms with E-state index in [1.54, 1.807) is 4.90 Å². The van der Waals surface area contributed by atoms with E-state index < -0.39 is 16.0 Å². The second-order valence-corrected chi connectivity index (χ2v) is 7.66. The van der Waals surface area contributed by atoms with Gasteiger partial charge in [0, 0.05) is 13.1 Å². The van der Waals surface area contributed by atoms with E-state index in [1.165, 1.54) is 31.4 Å². The molecule has 2 rings (SSSR count). The van der Waals surface area contributed by atoms with E-state index in [4.69, 9.17) is 0 Å². The van der Waals surface area contributed by atoms with Gasteiger partial charge >= 0.3 is 5.97 Å². The SMILES string of the molecule is COC(=O)c1ccc(N(CC(=O)N2CCCCC2)S(C)(=O)=O)cc1. The Balaban J connectivity index is 2.19. The maximum Gasteiger partial charge on any atom is 0.337 e. The predicted molar refractivity (Wildman–Crippen MR) is 90.4 cm³/mol. The molecule has 1 saturated heterocycles. The molecule has 7 nitrogen and oxygen atoms in total. The largest absolute Gasteiger partial charge is 0.465 e. The Labute approximate surface area is 142 Å². The molecule has 0 radical (unpaired) electrons. The summed E-state index contributed by atoms with van der Waals surface area (Å²) >= 11 is 0. The number of rotatable bonds is 5. The zero-order valence-corrected chi connectivity index (χ0v) is 14.7. The molecule has 1 amide bonds. The highest BCUT2D eigenvalue weighted by atomic mass is 32.2. The Morgan fingerprint density at radius 1 is 1.12 bits per heavy atom. The molecule has 0 unspecified atom stereocenters. The Hall–Kier alpha value is -2.09. The third-order valence-electron chi connectivity index (χ3n) is 3.96. The summed E-state index contributed by atoms with van der Waals surface area (Å²) in [4.78, 5) is 25.6. The average Bonchev–Trinajstić information content (AvgIpc) is 2.58. The van der Waals surface area contributed by atoms with E-state index in [0.29, 0.717) is 24.3 Å². The smallest absolute Gasteiger partial charge is 0.337 e. The summed E-state index contributed by atoms with van der Waals surface area (Å²) in [6.45, 7) is 1.09. The number of hydrogen-bond donors (Lipinski definition) is 0. The number of hydrogen-bond acceptors (Lipinski definition) is 5. The van der Waals surface area contributed by atoms with Crippen LogP contribution in [-0.4, -0.2) is 58.2 Å². The molecule has 0 spiro atoms. The van der Waals surface area contributed by atoms with E-state index in [9.17, 15) is 18.0 Å². The van der Waals surface area contributed by atoms with Gasteiger partial charge in [-0.1, -0.05) is 0 Å². The van der Waals surface area contributed by atoms with Crippen molar-refractivity contribution < 1.29 is 22.7 Å². The number of likely N-dealkylation sites (tertiary alicyclic amines) is 1. The van der Waals surface area contributed by atoms with Crippen molar-refractivity contribution in [2.75, 3.05) is 37.3 Å². The molecule has 24 heavy (non-hydrogen) atoms. The molecule has 1 aliphatic heterocycles. The minimum Gasteiger partial charge on any atom is -0.465 e. The zero-order chi connectivity index (χ0) is 17.7. The van der Waals surface area contributed by atoms with Crippen molar-refractivity contribution in [1.29, 1.82) is 0 Å². The van der Waals surface area contributed by atoms with Gasteiger partial charge in [-0.15, -0.1) is 0 Å². The molecule has 0 aromatic heterocycles. The normalized spacial score (nSPS) is 15.0. The monoisotopic (exact) mass is 354 g/mol. The van der Waals surface area contributed by atoms with Crippen molar-refractivity contribution in [3.63, 3.8) is 0 Å². The Kier molecular flexibility index (Phi) is 5.82. The highest BCUT2D eigenvalue weighted by Gasteiger charge is 2.25. The van der Waals surface area contributed by atoms with Crippen LogP contribution in [0, 0.1) is 0 Å². The second kappa shape index (κ2) is 7.65. The molecule has 1 aromatic carbocycles. The minimum absolute atomic E-state index is 0.211. The first-order valence-corrected chi connectivity index (χ1v) is 9.61. The molecule has 1 aliphatic rings. The summed E-state index contributed by atoms with van der Waals surface area (Å²) in [5, 5.41) is 0. The number of nitrogens with zero attached hydrogens (tertiary/aromatic N) is 2. The van der Waals surface area contributed by atoms with Gasteiger partial charge in [0.25, 0.3) is 0 Å². The average molecular weight is 354 g/mol. The number of benzene rings is 1. The number of anilines is 1. The van der Waals surface area contributed by atoms with Crippen molar-refractivity contribution in [2.24, 2.45) is 0 Å². The van der Waals surface area contributed by atoms with Gasteiger partial charge in [-0.25, -0.2) is 13.2 Å². The molecule has 0 saturated carbocycles. The summed E-state index contributed by atoms with van der Waals surface area (Å²) in [5.74, 6) is -0.714. The van der Waals surface area contributed by atoms with Crippen LogP contribution in [0.4, 0.5) is 5.69 Å². The lowest BCUT2D eigenvalue weighted by Gasteiger charge is -2.30. The summed E-state index contributed by atoms with van der Waals surface area (Å²) < 4.78 is 29.9. The molecule has 1 heterocycles. The topological polar surface area (TPSA) is 84.0 Å². The maximum atomic E-state index is 12.4. The number of carbonyl (C=O) groups excluding carboxylic acids is 2. The molecular weight excluding hydrogens is 332 g/mol. The lowest BCUT2D eigenvalue weighted by Crippen LogP contribution is -2.44. The third kappa shape index (κ3) is 4.47. The standard InChI is InChI=1S/C16H22N2O5S/c1-23-16(20)13-6-8-14(9-7-13)18(24(2,21)22)12-15(19)17-10-4-3-5-11-17/h6-9H,3-5,10-12H2,1-2H3. The lowest BCUT2D eigenvalue weighted by atomic mass is 10.1. The molecule has 0 bridgehead atoms. The summed E-state index contributed by atoms with van der Waals surface area (Å²) in [5.41, 5.74) is 0.660. The van der Waals surface area contributed by atoms with E-state index in [2.05, 4.69) is 4.74 Å². The molecule has 1 aromatic rings. The number of piperidine rings is 1. The molecule has 1 fully saturated rings. The van der Waals surface area contributed by atoms with Crippen molar-refractivity contribution in [3.05, 3.63) is 29.8 Å². The van der Waals surface area contributed by atoms with Crippen LogP contribution in [0.2, 0.25) is 0 Å². The van der Waals surface area contributed by atoms with Crippen molar-refractivity contribution in [3.8, 4) is 0 Å². The van der Waals surface area contributed by atoms with Gasteiger partial charge in [-0.2, -0.15) is 0 Å². The summed E-state index contributed by atoms with van der Waals surface area (Å²) in [7, 11) is -2.35. The summed E-state index contributed by atoms with van der Waals surface area (Å²) in [6, 6.07) is 5.95. The van der Waals surface area contributed by atoms with Crippen molar-refractivity contribution >= 4 is 27.6 Å². The third-order valence-corrected chi connectivity index (χ3v) is 5.10. The van der Waals surface area contributed by atoms with E-state index in [0.717, 1.165) is 29.8 Å². The van der Waals surface area contributed by atoms with Crippen LogP contribution >= 0.6 is 0 Å². The van der Waals surface area contributed by atoms with Gasteiger partial charge in [0.15, 0.2) is 0 Å². The van der Waals surface area contributed by atoms with Crippen LogP contribution in [-0.2, 0) is 19.6 Å². The van der Waals surface area contributed by atoms with Gasteiger partial charge in [-0.05, 0) is 43.5 Å². The van der Waals surface area contributed by atoms with Crippen LogP contribution in [0.5, 0.6) is 0 Å². The first kappa shape index (κ1) is 18.3. The number of ether oxygens (including phenoxy) is 1. The van der Waals surface area contributed by atoms with Gasteiger partial charge in [0.2, 0.25) is 15.9 Å². The quantitative estimate of drug-likeness (QED) is 0.743. The Bertz CT molecular complexity index is 694. The van der Waals surface area contributed by atoms with Crippen molar-refractivity contribution in [2.45, 2.75) is 19.3 Å². The van der Waals surface area contributed by atoms with Gasteiger partial charge in [-0.3, -0.25) is 9.10 Å². The van der Waals surface area contributed by atoms with Crippen molar-refractivity contribution in [1.82, 2.24) is 4.90 Å². The number of carbonyl (C=O) groups is 2. The molecule has 0 aliphatic carbocycles. The van der Waals surface area contributed by atoms with Gasteiger partial charge in [0.05, 0.1) is 24.6 Å². The molecule has 0 atom stereocenters. The first-order valence-electron chi connectivity index (χ1n) is 7.77. The number of sulfonamides is 1. The second-order valence-electron chi connectivity index (χ2n) is 5.75. The molecule has 0 N–H and O–H groups in total. The fourth-order valence-corrected chi connectivity index (χ4v) is 3.50. The van der Waals surface area contributed by atoms with E-state index in [1.807, 2.05) is 0 Å². The van der Waals surface area contributed by atoms with Gasteiger partial charge in [0.1, 0.15) is 6.54 Å². The summed E-state index contributed by atoms with van der Waals surface area (Å²) in [6.07, 6.45) is 4.04. The van der Waals surface area contributed by atoms with Gasteiger partial charge < -0.3 is 9.64 Å². The zero-order valence-electron chi connectivity index (χ0n) is 13.9. The number of esters is 1. The van der Waals surface area contributed by atoms with E-state index in [-0.39, 0.29) is 12.5 Å². The van der Waals surface area contributed by atoms with Crippen LogP contribution in [0.3, 0.4) is 0 Å². The molecule has 132 valence electrons. The molecular formula is C16H22N2O5S. The van der Waals surface area contributed by atoms with Crippen LogP contribution in [0.1, 0.15) is 29.6 Å². The first-order chi connectivity index (χ1) is 11.3. The highest BCUT2D eigenvalue weighted by molar-refractivity contribution is 7.92. The lowest BCUT2D eigenvalue weighted by molar-refractivity contribution is -0.130. The maximum absolute atomic E-state index is 12.4. The van der Waals surface area contributed by atoms with E-state index >= 15 is 0 Å². The highest BCUT2D eigenvalue weighted by Crippen LogP contribution is 2.19. The Morgan fingerprint density at radius 2 is 1.71 bits per heavy atom. The predicted octanol–water partition coefficient (Wildman–Crippen LogP) is 1.25. The minimum atomic E-state index is -3.62. The molecule has 8 heteroatoms. The van der Waals surface area contributed by atoms with Crippen LogP contribution in [0.25, 0.3) is 0 Å². The van der Waals surface area contributed by atoms with Crippen LogP contribution in [0.15, 0.2) is 24.3 Å². The fraction of sp³-hybridized carbons (Fsp3) is 0.500. The number of amides is 1. The Morgan fingerprint density at radius 3 is 2.21 bits per heavy atom. The van der Waals surface area contributed by atoms with Crippen LogP contribution < -0.4 is 4.31 Å². The fourth-order valence-electron chi connectivity index (χ4n) is 2.65.